The molecule has 12 heavy (non-hydrogen) atoms. The number of rotatable bonds is 3. The largest absolute Gasteiger partial charge is 0.0654 e. The van der Waals surface area contributed by atoms with E-state index in [2.05, 4.69) is 6.92 Å². The summed E-state index contributed by atoms with van der Waals surface area (Å²) in [6.45, 7) is 2.33. The van der Waals surface area contributed by atoms with Crippen LogP contribution < -0.4 is 0 Å². The Balaban J connectivity index is 1.69. The molecule has 2 aliphatic carbocycles. The second kappa shape index (κ2) is 3.81. The van der Waals surface area contributed by atoms with Crippen LogP contribution >= 0.6 is 0 Å². The van der Waals surface area contributed by atoms with Crippen LogP contribution in [-0.4, -0.2) is 0 Å². The maximum Gasteiger partial charge on any atom is -0.0386 e. The van der Waals surface area contributed by atoms with Crippen molar-refractivity contribution in [2.45, 2.75) is 58.3 Å². The van der Waals surface area contributed by atoms with Gasteiger partial charge in [0.15, 0.2) is 0 Å². The molecule has 0 unspecified atom stereocenters. The van der Waals surface area contributed by atoms with Crippen molar-refractivity contribution in [1.29, 1.82) is 0 Å². The first-order valence-corrected chi connectivity index (χ1v) is 5.90. The van der Waals surface area contributed by atoms with E-state index in [0.717, 1.165) is 11.8 Å². The monoisotopic (exact) mass is 166 g/mol. The zero-order valence-corrected chi connectivity index (χ0v) is 8.39. The fraction of sp³-hybridized carbons (Fsp3) is 1.00. The Morgan fingerprint density at radius 2 is 1.33 bits per heavy atom. The van der Waals surface area contributed by atoms with Gasteiger partial charge in [-0.3, -0.25) is 0 Å². The van der Waals surface area contributed by atoms with E-state index in [1.54, 1.807) is 38.5 Å². The molecular formula is C12H22. The van der Waals surface area contributed by atoms with Crippen molar-refractivity contribution < 1.29 is 0 Å². The van der Waals surface area contributed by atoms with Crippen molar-refractivity contribution in [2.75, 3.05) is 0 Å². The third-order valence-corrected chi connectivity index (χ3v) is 3.88. The van der Waals surface area contributed by atoms with E-state index in [1.807, 2.05) is 0 Å². The van der Waals surface area contributed by atoms with Crippen molar-refractivity contribution in [3.8, 4) is 0 Å². The van der Waals surface area contributed by atoms with Crippen LogP contribution in [-0.2, 0) is 0 Å². The van der Waals surface area contributed by atoms with Gasteiger partial charge in [0.1, 0.15) is 0 Å². The summed E-state index contributed by atoms with van der Waals surface area (Å²) in [5, 5.41) is 0. The quantitative estimate of drug-likeness (QED) is 0.594. The lowest BCUT2D eigenvalue weighted by molar-refractivity contribution is 0.241. The van der Waals surface area contributed by atoms with Gasteiger partial charge in [0.05, 0.1) is 0 Å². The Kier molecular flexibility index (Phi) is 2.73. The minimum absolute atomic E-state index is 1.10. The third kappa shape index (κ3) is 2.02. The van der Waals surface area contributed by atoms with Crippen LogP contribution in [0.5, 0.6) is 0 Å². The lowest BCUT2D eigenvalue weighted by atomic mass is 9.78. The number of hydrogen-bond acceptors (Lipinski definition) is 0. The molecule has 0 nitrogen and oxygen atoms in total. The first-order valence-electron chi connectivity index (χ1n) is 5.90. The Hall–Kier alpha value is 0. The Bertz CT molecular complexity index is 127. The van der Waals surface area contributed by atoms with Crippen molar-refractivity contribution in [3.05, 3.63) is 0 Å². The van der Waals surface area contributed by atoms with E-state index >= 15 is 0 Å². The molecule has 0 radical (unpaired) electrons. The molecular weight excluding hydrogens is 144 g/mol. The van der Waals surface area contributed by atoms with Crippen molar-refractivity contribution in [2.24, 2.45) is 17.8 Å². The van der Waals surface area contributed by atoms with Gasteiger partial charge in [-0.05, 0) is 43.4 Å². The van der Waals surface area contributed by atoms with Crippen LogP contribution in [0.3, 0.4) is 0 Å². The fourth-order valence-corrected chi connectivity index (χ4v) is 2.92. The van der Waals surface area contributed by atoms with Gasteiger partial charge < -0.3 is 0 Å². The molecule has 70 valence electrons. The minimum Gasteiger partial charge on any atom is -0.0654 e. The molecule has 0 aromatic rings. The predicted octanol–water partition coefficient (Wildman–Crippen LogP) is 4.00. The maximum absolute atomic E-state index is 2.33. The van der Waals surface area contributed by atoms with E-state index in [9.17, 15) is 0 Å². The van der Waals surface area contributed by atoms with Crippen molar-refractivity contribution in [3.63, 3.8) is 0 Å². The summed E-state index contributed by atoms with van der Waals surface area (Å²) in [7, 11) is 0. The lowest BCUT2D eigenvalue weighted by Gasteiger charge is -2.28. The van der Waals surface area contributed by atoms with Crippen LogP contribution in [0.15, 0.2) is 0 Å². The topological polar surface area (TPSA) is 0 Å². The summed E-state index contributed by atoms with van der Waals surface area (Å²) >= 11 is 0. The molecule has 0 N–H and O–H groups in total. The highest BCUT2D eigenvalue weighted by Crippen LogP contribution is 2.45. The second-order valence-electron chi connectivity index (χ2n) is 4.91. The maximum atomic E-state index is 2.33. The van der Waals surface area contributed by atoms with Gasteiger partial charge in [0, 0.05) is 0 Å². The van der Waals surface area contributed by atoms with Crippen LogP contribution in [0.1, 0.15) is 58.3 Å². The second-order valence-corrected chi connectivity index (χ2v) is 4.91. The molecule has 0 aromatic heterocycles. The zero-order chi connectivity index (χ0) is 8.39. The normalized spacial score (nSPS) is 36.8. The third-order valence-electron chi connectivity index (χ3n) is 3.88. The fourth-order valence-electron chi connectivity index (χ4n) is 2.92. The summed E-state index contributed by atoms with van der Waals surface area (Å²) in [5.74, 6) is 3.43. The lowest BCUT2D eigenvalue weighted by Crippen LogP contribution is -2.15. The smallest absolute Gasteiger partial charge is 0.0386 e. The van der Waals surface area contributed by atoms with Gasteiger partial charge in [-0.2, -0.15) is 0 Å². The summed E-state index contributed by atoms with van der Waals surface area (Å²) < 4.78 is 0. The van der Waals surface area contributed by atoms with Gasteiger partial charge >= 0.3 is 0 Å². The van der Waals surface area contributed by atoms with Crippen LogP contribution in [0.4, 0.5) is 0 Å². The number of hydrogen-bond donors (Lipinski definition) is 0. The van der Waals surface area contributed by atoms with Crippen LogP contribution in [0.2, 0.25) is 0 Å². The van der Waals surface area contributed by atoms with Crippen LogP contribution in [0.25, 0.3) is 0 Å². The minimum atomic E-state index is 1.10. The van der Waals surface area contributed by atoms with E-state index < -0.39 is 0 Å². The van der Waals surface area contributed by atoms with Gasteiger partial charge in [0.2, 0.25) is 0 Å². The van der Waals surface area contributed by atoms with Gasteiger partial charge in [-0.25, -0.2) is 0 Å². The summed E-state index contributed by atoms with van der Waals surface area (Å²) in [5.41, 5.74) is 0. The molecule has 0 bridgehead atoms. The first-order chi connectivity index (χ1) is 5.90. The Morgan fingerprint density at radius 3 is 1.75 bits per heavy atom. The zero-order valence-electron chi connectivity index (χ0n) is 8.39. The molecule has 0 aromatic carbocycles. The molecule has 0 amide bonds. The van der Waals surface area contributed by atoms with Gasteiger partial charge in [-0.1, -0.05) is 32.6 Å². The first kappa shape index (κ1) is 8.59. The summed E-state index contributed by atoms with van der Waals surface area (Å²) in [6.07, 6.45) is 12.2. The van der Waals surface area contributed by atoms with Gasteiger partial charge in [0.25, 0.3) is 0 Å². The molecule has 0 aliphatic heterocycles. The predicted molar refractivity (Wildman–Crippen MR) is 53.1 cm³/mol. The van der Waals surface area contributed by atoms with Crippen molar-refractivity contribution in [1.82, 2.24) is 0 Å². The van der Waals surface area contributed by atoms with E-state index in [-0.39, 0.29) is 0 Å². The van der Waals surface area contributed by atoms with Gasteiger partial charge in [-0.15, -0.1) is 0 Å². The molecule has 2 rings (SSSR count). The molecule has 2 saturated carbocycles. The highest BCUT2D eigenvalue weighted by molar-refractivity contribution is 4.84. The molecule has 0 heterocycles. The SMILES string of the molecule is CCCC1CCC(C2CC2)CC1. The Labute approximate surface area is 76.7 Å². The van der Waals surface area contributed by atoms with E-state index in [4.69, 9.17) is 0 Å². The molecule has 0 heteroatoms. The Morgan fingerprint density at radius 1 is 0.833 bits per heavy atom. The summed E-state index contributed by atoms with van der Waals surface area (Å²) in [4.78, 5) is 0. The van der Waals surface area contributed by atoms with E-state index in [1.165, 1.54) is 18.8 Å². The van der Waals surface area contributed by atoms with Crippen LogP contribution in [0, 0.1) is 17.8 Å². The highest BCUT2D eigenvalue weighted by atomic mass is 14.4. The average molecular weight is 166 g/mol. The highest BCUT2D eigenvalue weighted by Gasteiger charge is 2.33. The van der Waals surface area contributed by atoms with Crippen molar-refractivity contribution >= 4 is 0 Å². The molecule has 2 aliphatic rings. The molecule has 2 fully saturated rings. The average Bonchev–Trinajstić information content (AvgIpc) is 2.89. The molecule has 0 saturated heterocycles. The van der Waals surface area contributed by atoms with E-state index in [0.29, 0.717) is 0 Å². The summed E-state index contributed by atoms with van der Waals surface area (Å²) in [6, 6.07) is 0. The standard InChI is InChI=1S/C12H22/c1-2-3-10-4-6-11(7-5-10)12-8-9-12/h10-12H,2-9H2,1H3. The molecule has 0 atom stereocenters. The molecule has 0 spiro atoms.